The number of nitrogens with zero attached hydrogens (tertiary/aromatic N) is 4. The fraction of sp³-hybridized carbons (Fsp3) is 0.333. The molecule has 3 aromatic heterocycles. The van der Waals surface area contributed by atoms with Gasteiger partial charge >= 0.3 is 0 Å². The van der Waals surface area contributed by atoms with Crippen molar-refractivity contribution in [2.75, 3.05) is 30.5 Å². The molecule has 1 saturated carbocycles. The molecule has 0 spiro atoms. The number of hydrogen-bond acceptors (Lipinski definition) is 8. The number of pyridine rings is 2. The Balaban J connectivity index is 1.22. The van der Waals surface area contributed by atoms with Crippen LogP contribution in [0.1, 0.15) is 29.8 Å². The molecule has 2 N–H and O–H groups in total. The monoisotopic (exact) mass is 484 g/mol. The van der Waals surface area contributed by atoms with Crippen LogP contribution in [0.4, 0.5) is 11.8 Å². The standard InChI is InChI=1S/C27H28N6O3/c1-35-20-12-22-25(23(13-20)36-16-17-5-6-17)26(34)32-27(31-22)33-11-9-21-18(15-33)7-8-24(30-21)29-14-19-4-2-3-10-28-19/h2-4,7-8,10,12-13,17H,5-6,9,11,14-16H2,1H3,(H,29,30)(H,31,32,34). The molecule has 1 fully saturated rings. The maximum absolute atomic E-state index is 13.1. The first-order valence-corrected chi connectivity index (χ1v) is 12.3. The lowest BCUT2D eigenvalue weighted by Crippen LogP contribution is -2.33. The Morgan fingerprint density at radius 3 is 2.89 bits per heavy atom. The van der Waals surface area contributed by atoms with E-state index in [0.29, 0.717) is 60.5 Å². The maximum Gasteiger partial charge on any atom is 0.263 e. The minimum absolute atomic E-state index is 0.207. The molecular weight excluding hydrogens is 456 g/mol. The van der Waals surface area contributed by atoms with Crippen molar-refractivity contribution in [3.8, 4) is 11.5 Å². The van der Waals surface area contributed by atoms with Crippen molar-refractivity contribution in [1.82, 2.24) is 19.9 Å². The molecule has 0 bridgehead atoms. The average Bonchev–Trinajstić information content (AvgIpc) is 3.75. The molecule has 0 atom stereocenters. The fourth-order valence-corrected chi connectivity index (χ4v) is 4.45. The van der Waals surface area contributed by atoms with Crippen LogP contribution in [0, 0.1) is 5.92 Å². The number of nitrogens with one attached hydrogen (secondary N) is 2. The van der Waals surface area contributed by atoms with Gasteiger partial charge in [-0.2, -0.15) is 0 Å². The summed E-state index contributed by atoms with van der Waals surface area (Å²) >= 11 is 0. The number of ether oxygens (including phenoxy) is 2. The predicted molar refractivity (Wildman–Crippen MR) is 138 cm³/mol. The molecule has 36 heavy (non-hydrogen) atoms. The van der Waals surface area contributed by atoms with Gasteiger partial charge in [-0.15, -0.1) is 0 Å². The van der Waals surface area contributed by atoms with Gasteiger partial charge in [-0.3, -0.25) is 14.8 Å². The summed E-state index contributed by atoms with van der Waals surface area (Å²) in [5.74, 6) is 3.09. The van der Waals surface area contributed by atoms with Gasteiger partial charge < -0.3 is 19.7 Å². The van der Waals surface area contributed by atoms with Crippen LogP contribution in [0.2, 0.25) is 0 Å². The first-order valence-electron chi connectivity index (χ1n) is 12.3. The third-order valence-corrected chi connectivity index (χ3v) is 6.67. The van der Waals surface area contributed by atoms with Gasteiger partial charge in [-0.1, -0.05) is 12.1 Å². The number of aromatic nitrogens is 4. The minimum atomic E-state index is -0.207. The van der Waals surface area contributed by atoms with Gasteiger partial charge in [0, 0.05) is 43.5 Å². The number of anilines is 2. The lowest BCUT2D eigenvalue weighted by molar-refractivity contribution is 0.301. The largest absolute Gasteiger partial charge is 0.497 e. The second-order valence-electron chi connectivity index (χ2n) is 9.31. The van der Waals surface area contributed by atoms with Gasteiger partial charge in [0.1, 0.15) is 22.7 Å². The second-order valence-corrected chi connectivity index (χ2v) is 9.31. The van der Waals surface area contributed by atoms with Crippen molar-refractivity contribution >= 4 is 22.7 Å². The Morgan fingerprint density at radius 2 is 2.08 bits per heavy atom. The van der Waals surface area contributed by atoms with E-state index in [1.165, 1.54) is 12.8 Å². The Bertz CT molecular complexity index is 1450. The molecule has 4 aromatic rings. The smallest absolute Gasteiger partial charge is 0.263 e. The molecule has 0 amide bonds. The van der Waals surface area contributed by atoms with E-state index >= 15 is 0 Å². The van der Waals surface area contributed by atoms with Gasteiger partial charge in [0.15, 0.2) is 0 Å². The summed E-state index contributed by atoms with van der Waals surface area (Å²) in [6.07, 6.45) is 4.89. The number of methoxy groups -OCH3 is 1. The Hall–Kier alpha value is -4.14. The molecular formula is C27H28N6O3. The number of rotatable bonds is 8. The van der Waals surface area contributed by atoms with E-state index in [-0.39, 0.29) is 5.56 Å². The summed E-state index contributed by atoms with van der Waals surface area (Å²) < 4.78 is 11.4. The Labute approximate surface area is 208 Å². The van der Waals surface area contributed by atoms with Gasteiger partial charge in [0.25, 0.3) is 5.56 Å². The summed E-state index contributed by atoms with van der Waals surface area (Å²) in [4.78, 5) is 32.1. The van der Waals surface area contributed by atoms with Crippen molar-refractivity contribution < 1.29 is 9.47 Å². The summed E-state index contributed by atoms with van der Waals surface area (Å²) in [5.41, 5.74) is 3.50. The van der Waals surface area contributed by atoms with Crippen LogP contribution >= 0.6 is 0 Å². The fourth-order valence-electron chi connectivity index (χ4n) is 4.45. The van der Waals surface area contributed by atoms with Gasteiger partial charge in [0.05, 0.1) is 31.5 Å². The summed E-state index contributed by atoms with van der Waals surface area (Å²) in [7, 11) is 1.61. The highest BCUT2D eigenvalue weighted by Gasteiger charge is 2.24. The van der Waals surface area contributed by atoms with Crippen LogP contribution in [-0.4, -0.2) is 40.2 Å². The second kappa shape index (κ2) is 9.49. The van der Waals surface area contributed by atoms with Crippen molar-refractivity contribution in [3.05, 3.63) is 76.0 Å². The zero-order valence-corrected chi connectivity index (χ0v) is 20.2. The number of H-pyrrole nitrogens is 1. The highest BCUT2D eigenvalue weighted by atomic mass is 16.5. The minimum Gasteiger partial charge on any atom is -0.497 e. The van der Waals surface area contributed by atoms with Crippen LogP contribution in [0.25, 0.3) is 10.9 Å². The normalized spacial score (nSPS) is 15.0. The quantitative estimate of drug-likeness (QED) is 0.390. The number of fused-ring (bicyclic) bond motifs is 2. The van der Waals surface area contributed by atoms with E-state index in [0.717, 1.165) is 29.2 Å². The highest BCUT2D eigenvalue weighted by molar-refractivity contribution is 5.86. The molecule has 0 radical (unpaired) electrons. The van der Waals surface area contributed by atoms with Crippen LogP contribution in [0.5, 0.6) is 11.5 Å². The van der Waals surface area contributed by atoms with E-state index in [2.05, 4.69) is 26.3 Å². The summed E-state index contributed by atoms with van der Waals surface area (Å²) in [5, 5.41) is 3.81. The molecule has 6 rings (SSSR count). The van der Waals surface area contributed by atoms with Crippen LogP contribution in [-0.2, 0) is 19.5 Å². The van der Waals surface area contributed by atoms with Crippen LogP contribution in [0.3, 0.4) is 0 Å². The first kappa shape index (κ1) is 22.3. The molecule has 1 aliphatic heterocycles. The van der Waals surface area contributed by atoms with Crippen LogP contribution < -0.4 is 25.2 Å². The van der Waals surface area contributed by atoms with Gasteiger partial charge in [-0.05, 0) is 42.5 Å². The van der Waals surface area contributed by atoms with Crippen molar-refractivity contribution in [3.63, 3.8) is 0 Å². The van der Waals surface area contributed by atoms with E-state index in [1.807, 2.05) is 24.3 Å². The third-order valence-electron chi connectivity index (χ3n) is 6.67. The molecule has 184 valence electrons. The van der Waals surface area contributed by atoms with Gasteiger partial charge in [0.2, 0.25) is 5.95 Å². The number of benzene rings is 1. The Kier molecular flexibility index (Phi) is 5.88. The summed E-state index contributed by atoms with van der Waals surface area (Å²) in [6.45, 7) is 2.55. The SMILES string of the molecule is COc1cc(OCC2CC2)c2c(=O)[nH]c(N3CCc4nc(NCc5ccccn5)ccc4C3)nc2c1. The predicted octanol–water partition coefficient (Wildman–Crippen LogP) is 3.69. The topological polar surface area (TPSA) is 105 Å². The molecule has 9 nitrogen and oxygen atoms in total. The van der Waals surface area contributed by atoms with E-state index in [4.69, 9.17) is 19.4 Å². The highest BCUT2D eigenvalue weighted by Crippen LogP contribution is 2.33. The van der Waals surface area contributed by atoms with Crippen molar-refractivity contribution in [2.45, 2.75) is 32.4 Å². The van der Waals surface area contributed by atoms with E-state index in [1.54, 1.807) is 25.4 Å². The first-order chi connectivity index (χ1) is 17.7. The molecule has 2 aliphatic rings. The van der Waals surface area contributed by atoms with Crippen LogP contribution in [0.15, 0.2) is 53.5 Å². The number of aromatic amines is 1. The van der Waals surface area contributed by atoms with E-state index in [9.17, 15) is 4.79 Å². The van der Waals surface area contributed by atoms with Gasteiger partial charge in [-0.25, -0.2) is 9.97 Å². The Morgan fingerprint density at radius 1 is 1.17 bits per heavy atom. The van der Waals surface area contributed by atoms with Crippen molar-refractivity contribution in [2.24, 2.45) is 5.92 Å². The zero-order valence-electron chi connectivity index (χ0n) is 20.2. The summed E-state index contributed by atoms with van der Waals surface area (Å²) in [6, 6.07) is 13.5. The molecule has 4 heterocycles. The zero-order chi connectivity index (χ0) is 24.5. The molecule has 9 heteroatoms. The van der Waals surface area contributed by atoms with Crippen molar-refractivity contribution in [1.29, 1.82) is 0 Å². The maximum atomic E-state index is 13.1. The lowest BCUT2D eigenvalue weighted by atomic mass is 10.1. The third kappa shape index (κ3) is 4.68. The molecule has 1 aliphatic carbocycles. The molecule has 1 aromatic carbocycles. The molecule has 0 saturated heterocycles. The lowest BCUT2D eigenvalue weighted by Gasteiger charge is -2.29. The molecule has 0 unspecified atom stereocenters. The van der Waals surface area contributed by atoms with E-state index < -0.39 is 0 Å². The average molecular weight is 485 g/mol. The number of hydrogen-bond donors (Lipinski definition) is 2.